The number of nitrogen functional groups attached to an aromatic ring is 1. The molecule has 0 aliphatic carbocycles. The zero-order chi connectivity index (χ0) is 13.3. The van der Waals surface area contributed by atoms with E-state index in [-0.39, 0.29) is 0 Å². The highest BCUT2D eigenvalue weighted by Crippen LogP contribution is 2.32. The van der Waals surface area contributed by atoms with Crippen LogP contribution < -0.4 is 10.6 Å². The van der Waals surface area contributed by atoms with Crippen LogP contribution in [0.4, 0.5) is 11.6 Å². The maximum atomic E-state index is 6.01. The van der Waals surface area contributed by atoms with Crippen LogP contribution in [0.25, 0.3) is 0 Å². The fourth-order valence-corrected chi connectivity index (χ4v) is 2.66. The van der Waals surface area contributed by atoms with Gasteiger partial charge in [-0.2, -0.15) is 0 Å². The van der Waals surface area contributed by atoms with Crippen LogP contribution in [0.1, 0.15) is 45.6 Å². The van der Waals surface area contributed by atoms with Crippen LogP contribution >= 0.6 is 0 Å². The number of rotatable bonds is 2. The molecule has 0 radical (unpaired) electrons. The van der Waals surface area contributed by atoms with Gasteiger partial charge in [-0.15, -0.1) is 0 Å². The van der Waals surface area contributed by atoms with Crippen molar-refractivity contribution in [2.45, 2.75) is 40.0 Å². The monoisotopic (exact) mass is 248 g/mol. The van der Waals surface area contributed by atoms with E-state index in [9.17, 15) is 0 Å². The molecule has 1 aliphatic rings. The molecule has 2 unspecified atom stereocenters. The van der Waals surface area contributed by atoms with Crippen molar-refractivity contribution in [1.82, 2.24) is 9.97 Å². The SMILES string of the molecule is CC(C)c1c(N)ncnc1N1CCC(C)C(C)C1. The third kappa shape index (κ3) is 2.42. The third-order valence-corrected chi connectivity index (χ3v) is 4.10. The van der Waals surface area contributed by atoms with Gasteiger partial charge in [-0.1, -0.05) is 27.7 Å². The first-order chi connectivity index (χ1) is 8.50. The van der Waals surface area contributed by atoms with Crippen molar-refractivity contribution in [3.8, 4) is 0 Å². The van der Waals surface area contributed by atoms with Gasteiger partial charge in [-0.25, -0.2) is 9.97 Å². The molecule has 0 amide bonds. The topological polar surface area (TPSA) is 55.0 Å². The summed E-state index contributed by atoms with van der Waals surface area (Å²) in [6, 6.07) is 0. The Morgan fingerprint density at radius 1 is 1.28 bits per heavy atom. The molecule has 0 spiro atoms. The predicted molar refractivity (Wildman–Crippen MR) is 75.7 cm³/mol. The summed E-state index contributed by atoms with van der Waals surface area (Å²) >= 11 is 0. The summed E-state index contributed by atoms with van der Waals surface area (Å²) in [7, 11) is 0. The van der Waals surface area contributed by atoms with E-state index in [4.69, 9.17) is 5.73 Å². The minimum absolute atomic E-state index is 0.357. The molecule has 0 saturated carbocycles. The summed E-state index contributed by atoms with van der Waals surface area (Å²) in [5.74, 6) is 3.52. The van der Waals surface area contributed by atoms with Gasteiger partial charge in [0.1, 0.15) is 18.0 Å². The largest absolute Gasteiger partial charge is 0.383 e. The molecule has 4 nitrogen and oxygen atoms in total. The Morgan fingerprint density at radius 3 is 2.61 bits per heavy atom. The summed E-state index contributed by atoms with van der Waals surface area (Å²) in [4.78, 5) is 11.0. The third-order valence-electron chi connectivity index (χ3n) is 4.10. The summed E-state index contributed by atoms with van der Waals surface area (Å²) < 4.78 is 0. The molecule has 1 aromatic rings. The molecule has 0 bridgehead atoms. The molecule has 18 heavy (non-hydrogen) atoms. The summed E-state index contributed by atoms with van der Waals surface area (Å²) in [6.45, 7) is 11.1. The molecule has 100 valence electrons. The van der Waals surface area contributed by atoms with Gasteiger partial charge in [0, 0.05) is 18.7 Å². The van der Waals surface area contributed by atoms with Gasteiger partial charge in [0.2, 0.25) is 0 Å². The van der Waals surface area contributed by atoms with Gasteiger partial charge in [0.05, 0.1) is 0 Å². The van der Waals surface area contributed by atoms with Crippen LogP contribution in [0, 0.1) is 11.8 Å². The van der Waals surface area contributed by atoms with Gasteiger partial charge in [0.25, 0.3) is 0 Å². The van der Waals surface area contributed by atoms with Crippen molar-refractivity contribution in [1.29, 1.82) is 0 Å². The standard InChI is InChI=1S/C14H24N4/c1-9(2)12-13(15)16-8-17-14(12)18-6-5-10(3)11(4)7-18/h8-11H,5-7H2,1-4H3,(H2,15,16,17). The number of nitrogens with zero attached hydrogens (tertiary/aromatic N) is 3. The fourth-order valence-electron chi connectivity index (χ4n) is 2.66. The quantitative estimate of drug-likeness (QED) is 0.874. The van der Waals surface area contributed by atoms with E-state index in [0.717, 1.165) is 30.4 Å². The molecular formula is C14H24N4. The molecule has 4 heteroatoms. The first kappa shape index (κ1) is 13.1. The highest BCUT2D eigenvalue weighted by Gasteiger charge is 2.26. The first-order valence-corrected chi connectivity index (χ1v) is 6.86. The second kappa shape index (κ2) is 5.12. The average molecular weight is 248 g/mol. The second-order valence-electron chi connectivity index (χ2n) is 5.84. The molecule has 1 fully saturated rings. The van der Waals surface area contributed by atoms with Crippen molar-refractivity contribution in [2.24, 2.45) is 11.8 Å². The first-order valence-electron chi connectivity index (χ1n) is 6.86. The Kier molecular flexibility index (Phi) is 3.73. The Labute approximate surface area is 110 Å². The number of anilines is 2. The number of hydrogen-bond donors (Lipinski definition) is 1. The lowest BCUT2D eigenvalue weighted by atomic mass is 9.88. The van der Waals surface area contributed by atoms with Crippen molar-refractivity contribution in [3.63, 3.8) is 0 Å². The molecular weight excluding hydrogens is 224 g/mol. The lowest BCUT2D eigenvalue weighted by Gasteiger charge is -2.37. The number of hydrogen-bond acceptors (Lipinski definition) is 4. The second-order valence-corrected chi connectivity index (χ2v) is 5.84. The Bertz CT molecular complexity index is 416. The zero-order valence-electron chi connectivity index (χ0n) is 11.8. The van der Waals surface area contributed by atoms with Gasteiger partial charge in [-0.05, 0) is 24.2 Å². The maximum absolute atomic E-state index is 6.01. The number of nitrogens with two attached hydrogens (primary N) is 1. The minimum atomic E-state index is 0.357. The van der Waals surface area contributed by atoms with Crippen molar-refractivity contribution in [3.05, 3.63) is 11.9 Å². The van der Waals surface area contributed by atoms with Crippen LogP contribution in [0.3, 0.4) is 0 Å². The van der Waals surface area contributed by atoms with E-state index in [0.29, 0.717) is 17.7 Å². The summed E-state index contributed by atoms with van der Waals surface area (Å²) in [6.07, 6.45) is 2.81. The lowest BCUT2D eigenvalue weighted by Crippen LogP contribution is -2.39. The van der Waals surface area contributed by atoms with Gasteiger partial charge < -0.3 is 10.6 Å². The van der Waals surface area contributed by atoms with Gasteiger partial charge >= 0.3 is 0 Å². The van der Waals surface area contributed by atoms with Crippen LogP contribution in [-0.2, 0) is 0 Å². The molecule has 0 aromatic carbocycles. The van der Waals surface area contributed by atoms with E-state index in [2.05, 4.69) is 42.6 Å². The van der Waals surface area contributed by atoms with Crippen LogP contribution in [0.5, 0.6) is 0 Å². The summed E-state index contributed by atoms with van der Waals surface area (Å²) in [5, 5.41) is 0. The predicted octanol–water partition coefficient (Wildman–Crippen LogP) is 2.66. The molecule has 2 N–H and O–H groups in total. The highest BCUT2D eigenvalue weighted by atomic mass is 15.2. The van der Waals surface area contributed by atoms with Crippen LogP contribution in [0.2, 0.25) is 0 Å². The number of piperidine rings is 1. The van der Waals surface area contributed by atoms with E-state index in [1.165, 1.54) is 6.42 Å². The molecule has 2 rings (SSSR count). The molecule has 2 atom stereocenters. The molecule has 1 aliphatic heterocycles. The van der Waals surface area contributed by atoms with E-state index >= 15 is 0 Å². The minimum Gasteiger partial charge on any atom is -0.383 e. The zero-order valence-corrected chi connectivity index (χ0v) is 11.8. The van der Waals surface area contributed by atoms with E-state index < -0.39 is 0 Å². The molecule has 1 saturated heterocycles. The Balaban J connectivity index is 2.31. The van der Waals surface area contributed by atoms with Crippen molar-refractivity contribution < 1.29 is 0 Å². The number of aromatic nitrogens is 2. The van der Waals surface area contributed by atoms with Crippen LogP contribution in [-0.4, -0.2) is 23.1 Å². The van der Waals surface area contributed by atoms with Crippen molar-refractivity contribution in [2.75, 3.05) is 23.7 Å². The molecule has 2 heterocycles. The molecule has 1 aromatic heterocycles. The lowest BCUT2D eigenvalue weighted by molar-refractivity contribution is 0.322. The Morgan fingerprint density at radius 2 is 2.00 bits per heavy atom. The Hall–Kier alpha value is -1.32. The summed E-state index contributed by atoms with van der Waals surface area (Å²) in [5.41, 5.74) is 7.11. The highest BCUT2D eigenvalue weighted by molar-refractivity contribution is 5.58. The van der Waals surface area contributed by atoms with Gasteiger partial charge in [-0.3, -0.25) is 0 Å². The van der Waals surface area contributed by atoms with Crippen LogP contribution in [0.15, 0.2) is 6.33 Å². The smallest absolute Gasteiger partial charge is 0.137 e. The van der Waals surface area contributed by atoms with E-state index in [1.54, 1.807) is 6.33 Å². The van der Waals surface area contributed by atoms with Gasteiger partial charge in [0.15, 0.2) is 0 Å². The van der Waals surface area contributed by atoms with E-state index in [1.807, 2.05) is 0 Å². The average Bonchev–Trinajstić information content (AvgIpc) is 2.32. The maximum Gasteiger partial charge on any atom is 0.137 e. The normalized spacial score (nSPS) is 24.6. The fraction of sp³-hybridized carbons (Fsp3) is 0.714. The van der Waals surface area contributed by atoms with Crippen molar-refractivity contribution >= 4 is 11.6 Å².